The van der Waals surface area contributed by atoms with Crippen molar-refractivity contribution in [2.75, 3.05) is 0 Å². The summed E-state index contributed by atoms with van der Waals surface area (Å²) in [6.45, 7) is 2.74. The van der Waals surface area contributed by atoms with Crippen molar-refractivity contribution in [2.24, 2.45) is 0 Å². The standard InChI is InChI=1S/C15H17NO2/c1-11(13-5-3-2-4-6-13)16-10-12-7-8-14(17)15(18)9-12/h2-9,11,16-18H,10H2,1H3. The van der Waals surface area contributed by atoms with E-state index in [4.69, 9.17) is 0 Å². The lowest BCUT2D eigenvalue weighted by Crippen LogP contribution is -2.17. The van der Waals surface area contributed by atoms with Gasteiger partial charge >= 0.3 is 0 Å². The lowest BCUT2D eigenvalue weighted by Gasteiger charge is -2.14. The van der Waals surface area contributed by atoms with E-state index in [1.807, 2.05) is 18.2 Å². The predicted molar refractivity (Wildman–Crippen MR) is 71.5 cm³/mol. The van der Waals surface area contributed by atoms with Crippen molar-refractivity contribution >= 4 is 0 Å². The van der Waals surface area contributed by atoms with Gasteiger partial charge in [-0.2, -0.15) is 0 Å². The number of nitrogens with one attached hydrogen (secondary N) is 1. The van der Waals surface area contributed by atoms with Crippen LogP contribution in [-0.2, 0) is 6.54 Å². The number of rotatable bonds is 4. The van der Waals surface area contributed by atoms with Gasteiger partial charge in [0.2, 0.25) is 0 Å². The number of hydrogen-bond donors (Lipinski definition) is 3. The van der Waals surface area contributed by atoms with Gasteiger partial charge in [0.1, 0.15) is 0 Å². The van der Waals surface area contributed by atoms with Crippen LogP contribution in [0.15, 0.2) is 48.5 Å². The third kappa shape index (κ3) is 3.02. The summed E-state index contributed by atoms with van der Waals surface area (Å²) in [4.78, 5) is 0. The predicted octanol–water partition coefficient (Wildman–Crippen LogP) is 2.95. The van der Waals surface area contributed by atoms with Crippen molar-refractivity contribution in [3.05, 3.63) is 59.7 Å². The molecule has 0 fully saturated rings. The highest BCUT2D eigenvalue weighted by Gasteiger charge is 2.05. The highest BCUT2D eigenvalue weighted by atomic mass is 16.3. The minimum absolute atomic E-state index is 0.0818. The molecule has 0 aliphatic rings. The van der Waals surface area contributed by atoms with E-state index >= 15 is 0 Å². The van der Waals surface area contributed by atoms with Gasteiger partial charge in [0.05, 0.1) is 0 Å². The number of phenolic OH excluding ortho intramolecular Hbond substituents is 2. The van der Waals surface area contributed by atoms with Crippen LogP contribution < -0.4 is 5.32 Å². The van der Waals surface area contributed by atoms with Gasteiger partial charge < -0.3 is 15.5 Å². The molecule has 0 saturated heterocycles. The van der Waals surface area contributed by atoms with Crippen molar-refractivity contribution in [1.82, 2.24) is 5.32 Å². The monoisotopic (exact) mass is 243 g/mol. The van der Waals surface area contributed by atoms with Crippen LogP contribution in [0.1, 0.15) is 24.1 Å². The molecule has 18 heavy (non-hydrogen) atoms. The van der Waals surface area contributed by atoms with Crippen molar-refractivity contribution < 1.29 is 10.2 Å². The first-order valence-electron chi connectivity index (χ1n) is 5.96. The summed E-state index contributed by atoms with van der Waals surface area (Å²) in [5, 5.41) is 22.0. The Morgan fingerprint density at radius 2 is 1.72 bits per heavy atom. The van der Waals surface area contributed by atoms with Gasteiger partial charge in [-0.3, -0.25) is 0 Å². The molecule has 1 unspecified atom stereocenters. The van der Waals surface area contributed by atoms with Gasteiger partial charge in [0.15, 0.2) is 11.5 Å². The molecular weight excluding hydrogens is 226 g/mol. The van der Waals surface area contributed by atoms with E-state index in [0.717, 1.165) is 5.56 Å². The molecule has 2 aromatic rings. The van der Waals surface area contributed by atoms with Crippen LogP contribution in [0.25, 0.3) is 0 Å². The molecule has 0 aliphatic heterocycles. The third-order valence-electron chi connectivity index (χ3n) is 2.95. The molecule has 0 radical (unpaired) electrons. The Kier molecular flexibility index (Phi) is 3.85. The van der Waals surface area contributed by atoms with E-state index in [1.165, 1.54) is 11.6 Å². The largest absolute Gasteiger partial charge is 0.504 e. The topological polar surface area (TPSA) is 52.5 Å². The van der Waals surface area contributed by atoms with Crippen molar-refractivity contribution in [3.8, 4) is 11.5 Å². The van der Waals surface area contributed by atoms with Crippen LogP contribution in [0, 0.1) is 0 Å². The normalized spacial score (nSPS) is 12.3. The molecule has 0 spiro atoms. The van der Waals surface area contributed by atoms with Crippen LogP contribution in [0.3, 0.4) is 0 Å². The second kappa shape index (κ2) is 5.56. The van der Waals surface area contributed by atoms with E-state index in [1.54, 1.807) is 12.1 Å². The molecule has 94 valence electrons. The number of aromatic hydroxyl groups is 2. The summed E-state index contributed by atoms with van der Waals surface area (Å²) in [5.41, 5.74) is 2.16. The Balaban J connectivity index is 1.97. The zero-order chi connectivity index (χ0) is 13.0. The average molecular weight is 243 g/mol. The number of hydrogen-bond acceptors (Lipinski definition) is 3. The Bertz CT molecular complexity index is 511. The first kappa shape index (κ1) is 12.5. The fraction of sp³-hybridized carbons (Fsp3) is 0.200. The van der Waals surface area contributed by atoms with Crippen molar-refractivity contribution in [3.63, 3.8) is 0 Å². The summed E-state index contributed by atoms with van der Waals surface area (Å²) < 4.78 is 0. The van der Waals surface area contributed by atoms with E-state index in [2.05, 4.69) is 24.4 Å². The maximum atomic E-state index is 9.40. The fourth-order valence-electron chi connectivity index (χ4n) is 1.81. The zero-order valence-electron chi connectivity index (χ0n) is 10.3. The Morgan fingerprint density at radius 3 is 2.39 bits per heavy atom. The highest BCUT2D eigenvalue weighted by Crippen LogP contribution is 2.25. The molecular formula is C15H17NO2. The fourth-order valence-corrected chi connectivity index (χ4v) is 1.81. The first-order chi connectivity index (χ1) is 8.66. The number of phenols is 2. The lowest BCUT2D eigenvalue weighted by atomic mass is 10.1. The van der Waals surface area contributed by atoms with E-state index < -0.39 is 0 Å². The second-order valence-electron chi connectivity index (χ2n) is 4.34. The molecule has 3 heteroatoms. The van der Waals surface area contributed by atoms with E-state index in [9.17, 15) is 10.2 Å². The van der Waals surface area contributed by atoms with Crippen LogP contribution in [0.4, 0.5) is 0 Å². The van der Waals surface area contributed by atoms with Gasteiger partial charge in [-0.1, -0.05) is 36.4 Å². The third-order valence-corrected chi connectivity index (χ3v) is 2.95. The Morgan fingerprint density at radius 1 is 1.00 bits per heavy atom. The highest BCUT2D eigenvalue weighted by molar-refractivity contribution is 5.40. The van der Waals surface area contributed by atoms with E-state index in [0.29, 0.717) is 6.54 Å². The first-order valence-corrected chi connectivity index (χ1v) is 5.96. The quantitative estimate of drug-likeness (QED) is 0.724. The average Bonchev–Trinajstić information content (AvgIpc) is 2.41. The Hall–Kier alpha value is -2.00. The summed E-state index contributed by atoms with van der Waals surface area (Å²) in [6, 6.07) is 15.3. The van der Waals surface area contributed by atoms with Crippen LogP contribution in [-0.4, -0.2) is 10.2 Å². The SMILES string of the molecule is CC(NCc1ccc(O)c(O)c1)c1ccccc1. The summed E-state index contributed by atoms with van der Waals surface area (Å²) >= 11 is 0. The van der Waals surface area contributed by atoms with E-state index in [-0.39, 0.29) is 17.5 Å². The maximum absolute atomic E-state index is 9.40. The van der Waals surface area contributed by atoms with Gasteiger partial charge in [0.25, 0.3) is 0 Å². The van der Waals surface area contributed by atoms with Crippen LogP contribution in [0.2, 0.25) is 0 Å². The minimum atomic E-state index is -0.0881. The van der Waals surface area contributed by atoms with Gasteiger partial charge in [-0.15, -0.1) is 0 Å². The molecule has 0 bridgehead atoms. The molecule has 0 aromatic heterocycles. The molecule has 2 rings (SSSR count). The van der Waals surface area contributed by atoms with Gasteiger partial charge in [-0.05, 0) is 30.2 Å². The van der Waals surface area contributed by atoms with Gasteiger partial charge in [-0.25, -0.2) is 0 Å². The van der Waals surface area contributed by atoms with Crippen molar-refractivity contribution in [2.45, 2.75) is 19.5 Å². The van der Waals surface area contributed by atoms with Crippen molar-refractivity contribution in [1.29, 1.82) is 0 Å². The molecule has 3 nitrogen and oxygen atoms in total. The minimum Gasteiger partial charge on any atom is -0.504 e. The zero-order valence-corrected chi connectivity index (χ0v) is 10.3. The summed E-state index contributed by atoms with van der Waals surface area (Å²) in [5.74, 6) is -0.170. The van der Waals surface area contributed by atoms with Gasteiger partial charge in [0, 0.05) is 12.6 Å². The smallest absolute Gasteiger partial charge is 0.157 e. The van der Waals surface area contributed by atoms with Crippen LogP contribution >= 0.6 is 0 Å². The lowest BCUT2D eigenvalue weighted by molar-refractivity contribution is 0.402. The Labute approximate surface area is 107 Å². The molecule has 0 heterocycles. The molecule has 0 amide bonds. The van der Waals surface area contributed by atoms with Crippen LogP contribution in [0.5, 0.6) is 11.5 Å². The molecule has 3 N–H and O–H groups in total. The summed E-state index contributed by atoms with van der Waals surface area (Å²) in [6.07, 6.45) is 0. The molecule has 0 aliphatic carbocycles. The molecule has 1 atom stereocenters. The second-order valence-corrected chi connectivity index (χ2v) is 4.34. The molecule has 0 saturated carbocycles. The summed E-state index contributed by atoms with van der Waals surface area (Å²) in [7, 11) is 0. The number of benzene rings is 2. The molecule has 2 aromatic carbocycles. The maximum Gasteiger partial charge on any atom is 0.157 e.